The zero-order valence-electron chi connectivity index (χ0n) is 8.26. The minimum Gasteiger partial charge on any atom is -0.301 e. The van der Waals surface area contributed by atoms with Gasteiger partial charge in [0.2, 0.25) is 0 Å². The summed E-state index contributed by atoms with van der Waals surface area (Å²) in [7, 11) is 0. The van der Waals surface area contributed by atoms with Gasteiger partial charge in [-0.3, -0.25) is 0 Å². The molecule has 1 aliphatic rings. The standard InChI is InChI=1S/C10H19NS/c1-5-9(4)10(8(2)3)11-6-7-12-10/h5,8-9,11H,1,6-7H2,2-4H3. The van der Waals surface area contributed by atoms with Crippen LogP contribution in [0.25, 0.3) is 0 Å². The molecule has 0 amide bonds. The maximum atomic E-state index is 3.88. The van der Waals surface area contributed by atoms with Crippen LogP contribution in [-0.2, 0) is 0 Å². The molecule has 1 fully saturated rings. The largest absolute Gasteiger partial charge is 0.301 e. The first-order valence-corrected chi connectivity index (χ1v) is 5.63. The molecule has 0 aromatic carbocycles. The van der Waals surface area contributed by atoms with Gasteiger partial charge in [-0.15, -0.1) is 18.3 Å². The van der Waals surface area contributed by atoms with Crippen LogP contribution in [0.4, 0.5) is 0 Å². The molecule has 2 heteroatoms. The first kappa shape index (κ1) is 10.1. The molecule has 0 bridgehead atoms. The van der Waals surface area contributed by atoms with Crippen LogP contribution in [0, 0.1) is 11.8 Å². The van der Waals surface area contributed by atoms with Gasteiger partial charge >= 0.3 is 0 Å². The lowest BCUT2D eigenvalue weighted by Crippen LogP contribution is -2.47. The second-order valence-electron chi connectivity index (χ2n) is 3.75. The third-order valence-electron chi connectivity index (χ3n) is 2.73. The summed E-state index contributed by atoms with van der Waals surface area (Å²) < 4.78 is 0. The second-order valence-corrected chi connectivity index (χ2v) is 5.12. The Kier molecular flexibility index (Phi) is 3.24. The molecule has 0 aromatic rings. The molecule has 1 saturated heterocycles. The molecule has 1 rings (SSSR count). The van der Waals surface area contributed by atoms with Crippen molar-refractivity contribution in [2.45, 2.75) is 25.6 Å². The van der Waals surface area contributed by atoms with Crippen molar-refractivity contribution in [3.05, 3.63) is 12.7 Å². The summed E-state index contributed by atoms with van der Waals surface area (Å²) >= 11 is 2.05. The fraction of sp³-hybridized carbons (Fsp3) is 0.800. The van der Waals surface area contributed by atoms with Crippen molar-refractivity contribution in [1.82, 2.24) is 5.32 Å². The molecule has 1 heterocycles. The zero-order valence-corrected chi connectivity index (χ0v) is 9.08. The number of hydrogen-bond donors (Lipinski definition) is 1. The van der Waals surface area contributed by atoms with E-state index in [0.29, 0.717) is 11.8 Å². The van der Waals surface area contributed by atoms with E-state index >= 15 is 0 Å². The van der Waals surface area contributed by atoms with Gasteiger partial charge in [0.1, 0.15) is 0 Å². The highest BCUT2D eigenvalue weighted by Gasteiger charge is 2.40. The normalized spacial score (nSPS) is 32.3. The molecule has 1 N–H and O–H groups in total. The molecule has 2 unspecified atom stereocenters. The molecule has 12 heavy (non-hydrogen) atoms. The number of hydrogen-bond acceptors (Lipinski definition) is 2. The summed E-state index contributed by atoms with van der Waals surface area (Å²) in [4.78, 5) is 0.252. The molecule has 0 spiro atoms. The van der Waals surface area contributed by atoms with Crippen LogP contribution < -0.4 is 5.32 Å². The molecular weight excluding hydrogens is 166 g/mol. The van der Waals surface area contributed by atoms with E-state index in [1.807, 2.05) is 11.8 Å². The van der Waals surface area contributed by atoms with Crippen molar-refractivity contribution in [2.24, 2.45) is 11.8 Å². The average molecular weight is 185 g/mol. The fourth-order valence-electron chi connectivity index (χ4n) is 1.88. The lowest BCUT2D eigenvalue weighted by Gasteiger charge is -2.37. The van der Waals surface area contributed by atoms with Gasteiger partial charge in [-0.1, -0.05) is 26.8 Å². The Bertz CT molecular complexity index is 159. The van der Waals surface area contributed by atoms with E-state index in [-0.39, 0.29) is 4.87 Å². The minimum absolute atomic E-state index is 0.252. The van der Waals surface area contributed by atoms with Crippen LogP contribution in [0.15, 0.2) is 12.7 Å². The summed E-state index contributed by atoms with van der Waals surface area (Å²) in [6, 6.07) is 0. The summed E-state index contributed by atoms with van der Waals surface area (Å²) in [5.74, 6) is 2.44. The van der Waals surface area contributed by atoms with Gasteiger partial charge in [0.25, 0.3) is 0 Å². The molecule has 0 aliphatic carbocycles. The third-order valence-corrected chi connectivity index (χ3v) is 4.61. The van der Waals surface area contributed by atoms with Crippen molar-refractivity contribution in [1.29, 1.82) is 0 Å². The van der Waals surface area contributed by atoms with Gasteiger partial charge in [-0.25, -0.2) is 0 Å². The van der Waals surface area contributed by atoms with Gasteiger partial charge in [-0.2, -0.15) is 0 Å². The molecular formula is C10H19NS. The Morgan fingerprint density at radius 1 is 1.50 bits per heavy atom. The second kappa shape index (κ2) is 3.84. The third kappa shape index (κ3) is 1.55. The van der Waals surface area contributed by atoms with Crippen LogP contribution in [0.3, 0.4) is 0 Å². The maximum absolute atomic E-state index is 3.88. The highest BCUT2D eigenvalue weighted by atomic mass is 32.2. The smallest absolute Gasteiger partial charge is 0.0729 e. The monoisotopic (exact) mass is 185 g/mol. The Balaban J connectivity index is 2.78. The summed E-state index contributed by atoms with van der Waals surface area (Å²) in [6.07, 6.45) is 2.06. The minimum atomic E-state index is 0.252. The van der Waals surface area contributed by atoms with Gasteiger partial charge in [0.15, 0.2) is 0 Å². The molecule has 70 valence electrons. The highest BCUT2D eigenvalue weighted by Crippen LogP contribution is 2.40. The van der Waals surface area contributed by atoms with E-state index in [2.05, 4.69) is 38.7 Å². The molecule has 0 radical (unpaired) electrons. The molecule has 0 aromatic heterocycles. The molecule has 1 aliphatic heterocycles. The Labute approximate surface area is 80.0 Å². The van der Waals surface area contributed by atoms with Crippen LogP contribution in [0.2, 0.25) is 0 Å². The number of nitrogens with one attached hydrogen (secondary N) is 1. The Morgan fingerprint density at radius 2 is 2.17 bits per heavy atom. The first-order chi connectivity index (χ1) is 5.63. The van der Waals surface area contributed by atoms with Crippen molar-refractivity contribution in [3.63, 3.8) is 0 Å². The van der Waals surface area contributed by atoms with Crippen LogP contribution in [0.5, 0.6) is 0 Å². The van der Waals surface area contributed by atoms with E-state index < -0.39 is 0 Å². The highest BCUT2D eigenvalue weighted by molar-refractivity contribution is 8.00. The maximum Gasteiger partial charge on any atom is 0.0729 e. The van der Waals surface area contributed by atoms with Gasteiger partial charge in [-0.05, 0) is 5.92 Å². The topological polar surface area (TPSA) is 12.0 Å². The van der Waals surface area contributed by atoms with Crippen molar-refractivity contribution < 1.29 is 0 Å². The summed E-state index contributed by atoms with van der Waals surface area (Å²) in [5.41, 5.74) is 0. The van der Waals surface area contributed by atoms with Crippen LogP contribution in [0.1, 0.15) is 20.8 Å². The Hall–Kier alpha value is 0.0500. The first-order valence-electron chi connectivity index (χ1n) is 4.65. The molecule has 2 atom stereocenters. The average Bonchev–Trinajstić information content (AvgIpc) is 2.52. The van der Waals surface area contributed by atoms with Crippen molar-refractivity contribution in [3.8, 4) is 0 Å². The predicted molar refractivity (Wildman–Crippen MR) is 57.4 cm³/mol. The van der Waals surface area contributed by atoms with Gasteiger partial charge in [0.05, 0.1) is 4.87 Å². The van der Waals surface area contributed by atoms with Crippen LogP contribution in [-0.4, -0.2) is 17.2 Å². The lowest BCUT2D eigenvalue weighted by molar-refractivity contribution is 0.315. The number of thioether (sulfide) groups is 1. The quantitative estimate of drug-likeness (QED) is 0.678. The van der Waals surface area contributed by atoms with E-state index in [9.17, 15) is 0 Å². The van der Waals surface area contributed by atoms with Crippen molar-refractivity contribution >= 4 is 11.8 Å². The van der Waals surface area contributed by atoms with E-state index in [0.717, 1.165) is 6.54 Å². The Morgan fingerprint density at radius 3 is 2.50 bits per heavy atom. The zero-order chi connectivity index (χ0) is 9.19. The molecule has 0 saturated carbocycles. The summed E-state index contributed by atoms with van der Waals surface area (Å²) in [6.45, 7) is 11.8. The van der Waals surface area contributed by atoms with Crippen molar-refractivity contribution in [2.75, 3.05) is 12.3 Å². The lowest BCUT2D eigenvalue weighted by atomic mass is 9.91. The fourth-order valence-corrected chi connectivity index (χ4v) is 3.32. The van der Waals surface area contributed by atoms with Crippen LogP contribution >= 0.6 is 11.8 Å². The SMILES string of the molecule is C=CC(C)C1(C(C)C)NCCS1. The summed E-state index contributed by atoms with van der Waals surface area (Å²) in [5, 5.41) is 3.61. The number of rotatable bonds is 3. The van der Waals surface area contributed by atoms with E-state index in [1.165, 1.54) is 5.75 Å². The van der Waals surface area contributed by atoms with E-state index in [1.54, 1.807) is 0 Å². The predicted octanol–water partition coefficient (Wildman–Crippen LogP) is 2.50. The molecule has 1 nitrogen and oxygen atoms in total. The van der Waals surface area contributed by atoms with Gasteiger partial charge < -0.3 is 5.32 Å². The van der Waals surface area contributed by atoms with E-state index in [4.69, 9.17) is 0 Å². The van der Waals surface area contributed by atoms with Gasteiger partial charge in [0, 0.05) is 18.2 Å².